The Bertz CT molecular complexity index is 504. The van der Waals surface area contributed by atoms with Crippen LogP contribution in [-0.2, 0) is 18.4 Å². The van der Waals surface area contributed by atoms with Gasteiger partial charge in [0.25, 0.3) is 0 Å². The number of nitrogens with zero attached hydrogens (tertiary/aromatic N) is 3. The largest absolute Gasteiger partial charge is 0.338 e. The Morgan fingerprint density at radius 3 is 2.59 bits per heavy atom. The van der Waals surface area contributed by atoms with Crippen molar-refractivity contribution in [1.29, 1.82) is 0 Å². The molecule has 2 unspecified atom stereocenters. The van der Waals surface area contributed by atoms with E-state index in [9.17, 15) is 4.79 Å². The summed E-state index contributed by atoms with van der Waals surface area (Å²) in [5, 5.41) is 0. The molecule has 3 rings (SSSR count). The van der Waals surface area contributed by atoms with Crippen LogP contribution in [0.3, 0.4) is 0 Å². The van der Waals surface area contributed by atoms with Crippen molar-refractivity contribution < 1.29 is 4.79 Å². The van der Waals surface area contributed by atoms with Gasteiger partial charge in [0, 0.05) is 38.4 Å². The third-order valence-electron chi connectivity index (χ3n) is 5.44. The lowest BCUT2D eigenvalue weighted by molar-refractivity contribution is -0.138. The van der Waals surface area contributed by atoms with E-state index in [1.54, 1.807) is 6.20 Å². The first kappa shape index (κ1) is 17.3. The summed E-state index contributed by atoms with van der Waals surface area (Å²) in [6.45, 7) is 0.584. The number of rotatable bonds is 3. The molecule has 2 bridgehead atoms. The highest BCUT2D eigenvalue weighted by atomic mass is 35.5. The van der Waals surface area contributed by atoms with Crippen molar-refractivity contribution in [1.82, 2.24) is 14.5 Å². The number of hydrogen-bond donors (Lipinski definition) is 1. The smallest absolute Gasteiger partial charge is 0.225 e. The summed E-state index contributed by atoms with van der Waals surface area (Å²) in [6.07, 6.45) is 9.32. The number of hydrogen-bond acceptors (Lipinski definition) is 3. The molecule has 1 aromatic rings. The zero-order valence-corrected chi connectivity index (χ0v) is 14.3. The van der Waals surface area contributed by atoms with Crippen LogP contribution in [0.2, 0.25) is 0 Å². The van der Waals surface area contributed by atoms with E-state index in [4.69, 9.17) is 5.73 Å². The first-order chi connectivity index (χ1) is 10.1. The SMILES string of the molecule is CN(Cc1nccn1C)C(=O)C1CC2CCCC(C1)C2N.Cl. The van der Waals surface area contributed by atoms with Crippen LogP contribution in [0.1, 0.15) is 37.9 Å². The molecular formula is C16H27ClN4O. The monoisotopic (exact) mass is 326 g/mol. The molecule has 2 aliphatic rings. The number of amides is 1. The molecular weight excluding hydrogens is 300 g/mol. The molecule has 0 aliphatic heterocycles. The minimum Gasteiger partial charge on any atom is -0.338 e. The highest BCUT2D eigenvalue weighted by Gasteiger charge is 2.41. The molecule has 22 heavy (non-hydrogen) atoms. The Balaban J connectivity index is 0.00000176. The molecule has 2 fully saturated rings. The van der Waals surface area contributed by atoms with Gasteiger partial charge in [-0.3, -0.25) is 4.79 Å². The second-order valence-corrected chi connectivity index (χ2v) is 6.85. The Morgan fingerprint density at radius 2 is 2.05 bits per heavy atom. The van der Waals surface area contributed by atoms with Crippen LogP contribution in [0.15, 0.2) is 12.4 Å². The van der Waals surface area contributed by atoms with E-state index in [0.717, 1.165) is 18.7 Å². The van der Waals surface area contributed by atoms with E-state index in [1.165, 1.54) is 19.3 Å². The average molecular weight is 327 g/mol. The molecule has 6 heteroatoms. The summed E-state index contributed by atoms with van der Waals surface area (Å²) in [5.74, 6) is 2.45. The highest BCUT2D eigenvalue weighted by Crippen LogP contribution is 2.42. The Morgan fingerprint density at radius 1 is 1.41 bits per heavy atom. The second kappa shape index (κ2) is 7.01. The maximum atomic E-state index is 12.7. The van der Waals surface area contributed by atoms with Crippen LogP contribution in [-0.4, -0.2) is 33.4 Å². The number of carbonyl (C=O) groups is 1. The van der Waals surface area contributed by atoms with Gasteiger partial charge >= 0.3 is 0 Å². The summed E-state index contributed by atoms with van der Waals surface area (Å²) >= 11 is 0. The quantitative estimate of drug-likeness (QED) is 0.923. The number of imidazole rings is 1. The fourth-order valence-corrected chi connectivity index (χ4v) is 4.14. The predicted molar refractivity (Wildman–Crippen MR) is 88.5 cm³/mol. The van der Waals surface area contributed by atoms with Crippen LogP contribution in [0.5, 0.6) is 0 Å². The molecule has 1 aromatic heterocycles. The summed E-state index contributed by atoms with van der Waals surface area (Å²) in [7, 11) is 3.85. The molecule has 0 spiro atoms. The maximum Gasteiger partial charge on any atom is 0.225 e. The van der Waals surface area contributed by atoms with E-state index in [1.807, 2.05) is 29.8 Å². The second-order valence-electron chi connectivity index (χ2n) is 6.85. The Hall–Kier alpha value is -1.07. The van der Waals surface area contributed by atoms with Crippen LogP contribution >= 0.6 is 12.4 Å². The predicted octanol–water partition coefficient (Wildman–Crippen LogP) is 1.95. The lowest BCUT2D eigenvalue weighted by Crippen LogP contribution is -2.49. The number of aryl methyl sites for hydroxylation is 1. The number of nitrogens with two attached hydrogens (primary N) is 1. The molecule has 5 nitrogen and oxygen atoms in total. The Kier molecular flexibility index (Phi) is 5.50. The molecule has 2 atom stereocenters. The van der Waals surface area contributed by atoms with E-state index < -0.39 is 0 Å². The summed E-state index contributed by atoms with van der Waals surface area (Å²) in [5.41, 5.74) is 6.31. The summed E-state index contributed by atoms with van der Waals surface area (Å²) in [4.78, 5) is 18.9. The van der Waals surface area contributed by atoms with E-state index in [2.05, 4.69) is 4.98 Å². The fourth-order valence-electron chi connectivity index (χ4n) is 4.14. The average Bonchev–Trinajstić information content (AvgIpc) is 2.83. The minimum atomic E-state index is 0. The van der Waals surface area contributed by atoms with Crippen molar-refractivity contribution in [3.63, 3.8) is 0 Å². The zero-order valence-electron chi connectivity index (χ0n) is 13.4. The zero-order chi connectivity index (χ0) is 15.0. The van der Waals surface area contributed by atoms with Gasteiger partial charge in [-0.15, -0.1) is 12.4 Å². The van der Waals surface area contributed by atoms with Gasteiger partial charge in [0.1, 0.15) is 5.82 Å². The van der Waals surface area contributed by atoms with Crippen LogP contribution < -0.4 is 5.73 Å². The topological polar surface area (TPSA) is 64.2 Å². The lowest BCUT2D eigenvalue weighted by Gasteiger charge is -2.44. The van der Waals surface area contributed by atoms with Gasteiger partial charge in [-0.2, -0.15) is 0 Å². The van der Waals surface area contributed by atoms with Gasteiger partial charge in [-0.1, -0.05) is 6.42 Å². The molecule has 0 saturated heterocycles. The molecule has 0 radical (unpaired) electrons. The number of carbonyl (C=O) groups excluding carboxylic acids is 1. The van der Waals surface area contributed by atoms with Crippen molar-refractivity contribution in [2.45, 2.75) is 44.7 Å². The van der Waals surface area contributed by atoms with Gasteiger partial charge in [-0.05, 0) is 37.5 Å². The molecule has 1 amide bonds. The number of aromatic nitrogens is 2. The van der Waals surface area contributed by atoms with Gasteiger partial charge in [-0.25, -0.2) is 4.98 Å². The lowest BCUT2D eigenvalue weighted by atomic mass is 9.65. The van der Waals surface area contributed by atoms with Crippen LogP contribution in [0.4, 0.5) is 0 Å². The maximum absolute atomic E-state index is 12.7. The van der Waals surface area contributed by atoms with E-state index in [0.29, 0.717) is 24.4 Å². The van der Waals surface area contributed by atoms with Crippen LogP contribution in [0, 0.1) is 17.8 Å². The molecule has 2 N–H and O–H groups in total. The third-order valence-corrected chi connectivity index (χ3v) is 5.44. The first-order valence-electron chi connectivity index (χ1n) is 8.03. The van der Waals surface area contributed by atoms with Crippen LogP contribution in [0.25, 0.3) is 0 Å². The molecule has 1 heterocycles. The van der Waals surface area contributed by atoms with E-state index >= 15 is 0 Å². The standard InChI is InChI=1S/C16H26N4O.ClH/c1-19-7-6-18-14(19)10-20(2)16(21)13-8-11-4-3-5-12(9-13)15(11)17;/h6-7,11-13,15H,3-5,8-10,17H2,1-2H3;1H. The van der Waals surface area contributed by atoms with Gasteiger partial charge in [0.15, 0.2) is 0 Å². The third kappa shape index (κ3) is 3.30. The van der Waals surface area contributed by atoms with Crippen molar-refractivity contribution >= 4 is 18.3 Å². The van der Waals surface area contributed by atoms with Crippen molar-refractivity contribution in [2.24, 2.45) is 30.5 Å². The minimum absolute atomic E-state index is 0. The normalized spacial score (nSPS) is 30.5. The fraction of sp³-hybridized carbons (Fsp3) is 0.750. The van der Waals surface area contributed by atoms with Gasteiger partial charge in [0.2, 0.25) is 5.91 Å². The molecule has 0 aromatic carbocycles. The van der Waals surface area contributed by atoms with Crippen molar-refractivity contribution in [3.05, 3.63) is 18.2 Å². The molecule has 2 saturated carbocycles. The van der Waals surface area contributed by atoms with Crippen molar-refractivity contribution in [3.8, 4) is 0 Å². The van der Waals surface area contributed by atoms with Gasteiger partial charge in [0.05, 0.1) is 6.54 Å². The summed E-state index contributed by atoms with van der Waals surface area (Å²) in [6, 6.07) is 0.322. The highest BCUT2D eigenvalue weighted by molar-refractivity contribution is 5.85. The van der Waals surface area contributed by atoms with Crippen molar-refractivity contribution in [2.75, 3.05) is 7.05 Å². The molecule has 124 valence electrons. The first-order valence-corrected chi connectivity index (χ1v) is 8.03. The number of fused-ring (bicyclic) bond motifs is 2. The van der Waals surface area contributed by atoms with E-state index in [-0.39, 0.29) is 24.2 Å². The Labute approximate surface area is 138 Å². The number of halogens is 1. The summed E-state index contributed by atoms with van der Waals surface area (Å²) < 4.78 is 1.97. The molecule has 2 aliphatic carbocycles. The van der Waals surface area contributed by atoms with Gasteiger partial charge < -0.3 is 15.2 Å².